The van der Waals surface area contributed by atoms with Crippen molar-refractivity contribution >= 4 is 125 Å². The molecule has 8 heavy (non-hydrogen) atoms. The molecule has 8 heteroatoms. The number of hydrogen-bond acceptors (Lipinski definition) is 0. The van der Waals surface area contributed by atoms with E-state index in [4.69, 9.17) is 0 Å². The molecule has 0 rings (SSSR count). The van der Waals surface area contributed by atoms with E-state index < -0.39 is 0 Å². The Kier molecular flexibility index (Phi) is 1130. The van der Waals surface area contributed by atoms with Crippen LogP contribution >= 0.6 is 86.8 Å². The summed E-state index contributed by atoms with van der Waals surface area (Å²) in [5.41, 5.74) is 0. The third-order valence-electron chi connectivity index (χ3n) is 0. The first-order valence-electron chi connectivity index (χ1n) is 0. The average molecular weight is 297 g/mol. The first-order valence-corrected chi connectivity index (χ1v) is 0. The molecule has 0 spiro atoms. The molecule has 0 saturated carbocycles. The van der Waals surface area contributed by atoms with Crippen molar-refractivity contribution < 1.29 is 2.85 Å². The Morgan fingerprint density at radius 3 is 0.375 bits per heavy atom. The number of rotatable bonds is 0. The molecule has 0 fully saturated rings. The first kappa shape index (κ1) is 110. The van der Waals surface area contributed by atoms with Crippen LogP contribution in [0.4, 0.5) is 0 Å². The Morgan fingerprint density at radius 2 is 0.375 bits per heavy atom. The van der Waals surface area contributed by atoms with Gasteiger partial charge in [0.2, 0.25) is 0 Å². The van der Waals surface area contributed by atoms with Crippen LogP contribution in [-0.2, 0) is 0 Å². The van der Waals surface area contributed by atoms with E-state index >= 15 is 0 Å². The molecule has 0 N–H and O–H groups in total. The van der Waals surface area contributed by atoms with Gasteiger partial charge < -0.3 is 2.85 Å². The third-order valence-corrected chi connectivity index (χ3v) is 0. The molecule has 0 amide bonds. The van der Waals surface area contributed by atoms with E-state index in [1.165, 1.54) is 0 Å². The van der Waals surface area contributed by atoms with Crippen molar-refractivity contribution in [3.8, 4) is 0 Å². The molecule has 60 valence electrons. The summed E-state index contributed by atoms with van der Waals surface area (Å²) in [6.07, 6.45) is 0. The van der Waals surface area contributed by atoms with Gasteiger partial charge in [-0.3, -0.25) is 0 Å². The zero-order valence-corrected chi connectivity index (χ0v) is 11.5. The van der Waals surface area contributed by atoms with Gasteiger partial charge in [-0.2, -0.15) is 0 Å². The van der Waals surface area contributed by atoms with E-state index in [0.29, 0.717) is 0 Å². The summed E-state index contributed by atoms with van der Waals surface area (Å²) in [5.74, 6) is 0. The fraction of sp³-hybridized carbons (Fsp3) is 0. The molecular weight excluding hydrogens is 288 g/mol. The van der Waals surface area contributed by atoms with Gasteiger partial charge >= 0.3 is 37.7 Å². The van der Waals surface area contributed by atoms with Crippen LogP contribution in [0.15, 0.2) is 0 Å². The van der Waals surface area contributed by atoms with Crippen LogP contribution in [0.3, 0.4) is 0 Å². The first-order chi connectivity index (χ1) is 0. The minimum Gasteiger partial charge on any atom is -1.00 e. The molecular formula is H9CaCl7. The Labute approximate surface area is 126 Å². The van der Waals surface area contributed by atoms with E-state index in [9.17, 15) is 0 Å². The average Bonchev–Trinajstić information content (AvgIpc) is 0. The maximum Gasteiger partial charge on any atom is 2.00 e. The van der Waals surface area contributed by atoms with Crippen molar-refractivity contribution in [1.82, 2.24) is 0 Å². The predicted molar refractivity (Wildman–Crippen MR) is 58.7 cm³/mol. The van der Waals surface area contributed by atoms with Crippen LogP contribution in [0.5, 0.6) is 0 Å². The minimum absolute atomic E-state index is 0. The Hall–Kier alpha value is 3.29. The summed E-state index contributed by atoms with van der Waals surface area (Å²) in [6, 6.07) is 0. The second-order valence-electron chi connectivity index (χ2n) is 0. The summed E-state index contributed by atoms with van der Waals surface area (Å²) in [5, 5.41) is 0. The molecule has 0 aromatic heterocycles. The molecule has 0 aromatic carbocycles. The van der Waals surface area contributed by atoms with Crippen molar-refractivity contribution in [1.29, 1.82) is 0 Å². The van der Waals surface area contributed by atoms with Gasteiger partial charge in [-0.25, -0.2) is 0 Å². The second kappa shape index (κ2) is 82.1. The van der Waals surface area contributed by atoms with Gasteiger partial charge in [0.15, 0.2) is 0 Å². The van der Waals surface area contributed by atoms with Gasteiger partial charge in [0.1, 0.15) is 0 Å². The van der Waals surface area contributed by atoms with Crippen molar-refractivity contribution in [3.05, 3.63) is 0 Å². The van der Waals surface area contributed by atoms with Gasteiger partial charge in [0, 0.05) is 0 Å². The monoisotopic (exact) mass is 294 g/mol. The fourth-order valence-electron chi connectivity index (χ4n) is 0. The summed E-state index contributed by atoms with van der Waals surface area (Å²) >= 11 is 0. The van der Waals surface area contributed by atoms with Crippen molar-refractivity contribution in [2.75, 3.05) is 0 Å². The Morgan fingerprint density at radius 1 is 0.375 bits per heavy atom. The molecule has 0 saturated heterocycles. The molecule has 0 unspecified atom stereocenters. The summed E-state index contributed by atoms with van der Waals surface area (Å²) in [7, 11) is 0. The van der Waals surface area contributed by atoms with E-state index in [-0.39, 0.29) is 127 Å². The van der Waals surface area contributed by atoms with Gasteiger partial charge in [0.05, 0.1) is 0 Å². The van der Waals surface area contributed by atoms with E-state index in [2.05, 4.69) is 0 Å². The third kappa shape index (κ3) is 59.0. The standard InChI is InChI=1S/Ca.7ClH.2H/h;7*1H;;/q+2;;;;;;;;2*-1. The minimum atomic E-state index is 0. The van der Waals surface area contributed by atoms with Crippen molar-refractivity contribution in [2.45, 2.75) is 0 Å². The summed E-state index contributed by atoms with van der Waals surface area (Å²) < 4.78 is 0. The zero-order valence-electron chi connectivity index (χ0n) is 5.56. The maximum absolute atomic E-state index is 0. The van der Waals surface area contributed by atoms with Crippen LogP contribution in [0.2, 0.25) is 0 Å². The van der Waals surface area contributed by atoms with Gasteiger partial charge in [-0.15, -0.1) is 86.8 Å². The fourth-order valence-corrected chi connectivity index (χ4v) is 0. The Bertz CT molecular complexity index is 11.6. The van der Waals surface area contributed by atoms with E-state index in [0.717, 1.165) is 0 Å². The second-order valence-corrected chi connectivity index (χ2v) is 0. The number of halogens is 7. The molecule has 0 aliphatic carbocycles. The van der Waals surface area contributed by atoms with Gasteiger partial charge in [0.25, 0.3) is 0 Å². The normalized spacial score (nSPS) is 0. The summed E-state index contributed by atoms with van der Waals surface area (Å²) in [4.78, 5) is 0. The van der Waals surface area contributed by atoms with Gasteiger partial charge in [-0.1, -0.05) is 0 Å². The van der Waals surface area contributed by atoms with Crippen molar-refractivity contribution in [3.63, 3.8) is 0 Å². The molecule has 0 heterocycles. The van der Waals surface area contributed by atoms with Crippen molar-refractivity contribution in [2.24, 2.45) is 0 Å². The van der Waals surface area contributed by atoms with E-state index in [1.54, 1.807) is 0 Å². The maximum atomic E-state index is 0. The van der Waals surface area contributed by atoms with Crippen LogP contribution in [0.1, 0.15) is 2.85 Å². The summed E-state index contributed by atoms with van der Waals surface area (Å²) in [6.45, 7) is 0. The molecule has 0 aromatic rings. The Balaban J connectivity index is 0. The topological polar surface area (TPSA) is 0 Å². The quantitative estimate of drug-likeness (QED) is 0.603. The number of hydrogen-bond donors (Lipinski definition) is 0. The molecule has 0 aliphatic heterocycles. The zero-order chi connectivity index (χ0) is 0. The molecule has 0 bridgehead atoms. The van der Waals surface area contributed by atoms with Crippen LogP contribution < -0.4 is 0 Å². The smallest absolute Gasteiger partial charge is 1.00 e. The van der Waals surface area contributed by atoms with Crippen LogP contribution in [0.25, 0.3) is 0 Å². The molecule has 0 radical (unpaired) electrons. The molecule has 0 aliphatic rings. The predicted octanol–water partition coefficient (Wildman–Crippen LogP) is 2.80. The van der Waals surface area contributed by atoms with Gasteiger partial charge in [-0.05, 0) is 0 Å². The molecule has 0 nitrogen and oxygen atoms in total. The SMILES string of the molecule is Cl.Cl.Cl.Cl.Cl.Cl.Cl.[Ca+2].[H-].[H-]. The molecule has 0 atom stereocenters. The largest absolute Gasteiger partial charge is 2.00 e. The van der Waals surface area contributed by atoms with E-state index in [1.807, 2.05) is 0 Å². The van der Waals surface area contributed by atoms with Crippen LogP contribution in [-0.4, -0.2) is 37.7 Å². The van der Waals surface area contributed by atoms with Crippen LogP contribution in [0, 0.1) is 0 Å².